The average molecular weight is 309 g/mol. The van der Waals surface area contributed by atoms with Gasteiger partial charge in [0.1, 0.15) is 0 Å². The van der Waals surface area contributed by atoms with Crippen molar-refractivity contribution < 1.29 is 8.42 Å². The Hall–Kier alpha value is -0.630. The molecule has 0 fully saturated rings. The number of alkyl halides is 1. The summed E-state index contributed by atoms with van der Waals surface area (Å²) in [6.07, 6.45) is 2.23. The molecule has 8 heteroatoms. The van der Waals surface area contributed by atoms with E-state index in [1.54, 1.807) is 0 Å². The van der Waals surface area contributed by atoms with E-state index in [1.807, 2.05) is 25.9 Å². The predicted molar refractivity (Wildman–Crippen MR) is 75.7 cm³/mol. The Morgan fingerprint density at radius 1 is 1.37 bits per heavy atom. The molecule has 110 valence electrons. The van der Waals surface area contributed by atoms with Gasteiger partial charge in [-0.3, -0.25) is 5.10 Å². The van der Waals surface area contributed by atoms with Crippen LogP contribution in [0.25, 0.3) is 0 Å². The lowest BCUT2D eigenvalue weighted by molar-refractivity contribution is 0.355. The van der Waals surface area contributed by atoms with E-state index in [4.69, 9.17) is 11.6 Å². The number of nitrogens with one attached hydrogen (secondary N) is 1. The molecule has 0 spiro atoms. The third kappa shape index (κ3) is 4.17. The molecule has 0 saturated heterocycles. The van der Waals surface area contributed by atoms with Gasteiger partial charge in [-0.2, -0.15) is 9.40 Å². The SMILES string of the molecule is CCN(CCCN(C)C)S(=O)(=O)c1[nH]ncc1CCl. The Balaban J connectivity index is 2.84. The second-order valence-electron chi connectivity index (χ2n) is 4.51. The van der Waals surface area contributed by atoms with Crippen molar-refractivity contribution in [3.8, 4) is 0 Å². The van der Waals surface area contributed by atoms with Gasteiger partial charge in [0.2, 0.25) is 0 Å². The number of hydrogen-bond acceptors (Lipinski definition) is 4. The van der Waals surface area contributed by atoms with Crippen LogP contribution < -0.4 is 0 Å². The largest absolute Gasteiger partial charge is 0.309 e. The lowest BCUT2D eigenvalue weighted by atomic mass is 10.4. The van der Waals surface area contributed by atoms with Gasteiger partial charge in [0.15, 0.2) is 5.03 Å². The number of hydrogen-bond donors (Lipinski definition) is 1. The van der Waals surface area contributed by atoms with Crippen molar-refractivity contribution in [2.45, 2.75) is 24.3 Å². The Bertz CT molecular complexity index is 487. The summed E-state index contributed by atoms with van der Waals surface area (Å²) < 4.78 is 26.4. The molecule has 1 rings (SSSR count). The van der Waals surface area contributed by atoms with Crippen LogP contribution in [0.1, 0.15) is 18.9 Å². The Labute approximate surface area is 119 Å². The van der Waals surface area contributed by atoms with E-state index in [0.29, 0.717) is 18.7 Å². The van der Waals surface area contributed by atoms with Crippen molar-refractivity contribution in [3.63, 3.8) is 0 Å². The zero-order valence-electron chi connectivity index (χ0n) is 11.6. The summed E-state index contributed by atoms with van der Waals surface area (Å²) in [7, 11) is 0.391. The second-order valence-corrected chi connectivity index (χ2v) is 6.65. The molecular formula is C11H21ClN4O2S. The Kier molecular flexibility index (Phi) is 6.25. The summed E-state index contributed by atoms with van der Waals surface area (Å²) in [5.74, 6) is 0.125. The fraction of sp³-hybridized carbons (Fsp3) is 0.727. The number of aromatic nitrogens is 2. The topological polar surface area (TPSA) is 69.3 Å². The minimum Gasteiger partial charge on any atom is -0.309 e. The first kappa shape index (κ1) is 16.4. The van der Waals surface area contributed by atoms with Crippen LogP contribution in [0.15, 0.2) is 11.2 Å². The number of H-pyrrole nitrogens is 1. The lowest BCUT2D eigenvalue weighted by Gasteiger charge is -2.21. The van der Waals surface area contributed by atoms with Gasteiger partial charge in [-0.25, -0.2) is 8.42 Å². The number of rotatable bonds is 8. The minimum absolute atomic E-state index is 0.106. The third-order valence-corrected chi connectivity index (χ3v) is 5.06. The molecule has 0 aliphatic heterocycles. The summed E-state index contributed by atoms with van der Waals surface area (Å²) in [5, 5.41) is 6.40. The zero-order valence-corrected chi connectivity index (χ0v) is 13.1. The Morgan fingerprint density at radius 2 is 2.05 bits per heavy atom. The highest BCUT2D eigenvalue weighted by atomic mass is 35.5. The van der Waals surface area contributed by atoms with Crippen molar-refractivity contribution in [1.29, 1.82) is 0 Å². The number of sulfonamides is 1. The summed E-state index contributed by atoms with van der Waals surface area (Å²) in [6, 6.07) is 0. The highest BCUT2D eigenvalue weighted by Gasteiger charge is 2.26. The van der Waals surface area contributed by atoms with Crippen LogP contribution >= 0.6 is 11.6 Å². The van der Waals surface area contributed by atoms with E-state index >= 15 is 0 Å². The smallest absolute Gasteiger partial charge is 0.260 e. The third-order valence-electron chi connectivity index (χ3n) is 2.79. The molecule has 1 heterocycles. The second kappa shape index (κ2) is 7.23. The van der Waals surface area contributed by atoms with Crippen LogP contribution in [-0.4, -0.2) is 61.5 Å². The molecule has 6 nitrogen and oxygen atoms in total. The fourth-order valence-electron chi connectivity index (χ4n) is 1.76. The molecule has 19 heavy (non-hydrogen) atoms. The summed E-state index contributed by atoms with van der Waals surface area (Å²) in [4.78, 5) is 2.03. The van der Waals surface area contributed by atoms with Gasteiger partial charge in [0.25, 0.3) is 10.0 Å². The van der Waals surface area contributed by atoms with E-state index in [2.05, 4.69) is 10.2 Å². The highest BCUT2D eigenvalue weighted by Crippen LogP contribution is 2.19. The number of nitrogens with zero attached hydrogens (tertiary/aromatic N) is 3. The van der Waals surface area contributed by atoms with Crippen molar-refractivity contribution in [2.75, 3.05) is 33.7 Å². The molecule has 0 radical (unpaired) electrons. The van der Waals surface area contributed by atoms with Crippen molar-refractivity contribution >= 4 is 21.6 Å². The van der Waals surface area contributed by atoms with Crippen LogP contribution in [0.3, 0.4) is 0 Å². The van der Waals surface area contributed by atoms with Crippen molar-refractivity contribution in [1.82, 2.24) is 19.4 Å². The molecule has 0 aromatic carbocycles. The summed E-state index contributed by atoms with van der Waals surface area (Å²) >= 11 is 5.72. The van der Waals surface area contributed by atoms with E-state index in [1.165, 1.54) is 10.5 Å². The van der Waals surface area contributed by atoms with Gasteiger partial charge in [0.05, 0.1) is 12.1 Å². The fourth-order valence-corrected chi connectivity index (χ4v) is 3.63. The molecule has 0 aliphatic carbocycles. The average Bonchev–Trinajstić information content (AvgIpc) is 2.82. The van der Waals surface area contributed by atoms with Gasteiger partial charge >= 0.3 is 0 Å². The van der Waals surface area contributed by atoms with E-state index in [9.17, 15) is 8.42 Å². The molecule has 0 aliphatic rings. The Morgan fingerprint density at radius 3 is 2.58 bits per heavy atom. The van der Waals surface area contributed by atoms with Gasteiger partial charge in [-0.15, -0.1) is 11.6 Å². The first-order valence-electron chi connectivity index (χ1n) is 6.16. The van der Waals surface area contributed by atoms with Crippen LogP contribution in [0.5, 0.6) is 0 Å². The van der Waals surface area contributed by atoms with Gasteiger partial charge in [-0.1, -0.05) is 6.92 Å². The van der Waals surface area contributed by atoms with Crippen molar-refractivity contribution in [2.24, 2.45) is 0 Å². The normalized spacial score (nSPS) is 12.5. The van der Waals surface area contributed by atoms with Crippen LogP contribution in [0.2, 0.25) is 0 Å². The molecule has 1 N–H and O–H groups in total. The van der Waals surface area contributed by atoms with Gasteiger partial charge in [0, 0.05) is 18.7 Å². The first-order chi connectivity index (χ1) is 8.93. The minimum atomic E-state index is -3.54. The van der Waals surface area contributed by atoms with E-state index < -0.39 is 10.0 Å². The van der Waals surface area contributed by atoms with Crippen molar-refractivity contribution in [3.05, 3.63) is 11.8 Å². The molecule has 1 aromatic rings. The quantitative estimate of drug-likeness (QED) is 0.731. The van der Waals surface area contributed by atoms with E-state index in [-0.39, 0.29) is 10.9 Å². The zero-order chi connectivity index (χ0) is 14.5. The van der Waals surface area contributed by atoms with Crippen LogP contribution in [-0.2, 0) is 15.9 Å². The predicted octanol–water partition coefficient (Wildman–Crippen LogP) is 1.11. The molecule has 0 unspecified atom stereocenters. The van der Waals surface area contributed by atoms with Gasteiger partial charge < -0.3 is 4.90 Å². The molecule has 0 atom stereocenters. The summed E-state index contributed by atoms with van der Waals surface area (Å²) in [5.41, 5.74) is 0.507. The first-order valence-corrected chi connectivity index (χ1v) is 8.14. The molecular weight excluding hydrogens is 288 g/mol. The lowest BCUT2D eigenvalue weighted by Crippen LogP contribution is -2.34. The molecule has 0 saturated carbocycles. The standard InChI is InChI=1S/C11H21ClN4O2S/c1-4-16(7-5-6-15(2)3)19(17,18)11-10(8-12)9-13-14-11/h9H,4-8H2,1-3H3,(H,13,14). The van der Waals surface area contributed by atoms with Crippen LogP contribution in [0.4, 0.5) is 0 Å². The highest BCUT2D eigenvalue weighted by molar-refractivity contribution is 7.89. The number of halogens is 1. The summed E-state index contributed by atoms with van der Waals surface area (Å²) in [6.45, 7) is 3.58. The molecule has 1 aromatic heterocycles. The van der Waals surface area contributed by atoms with Gasteiger partial charge in [-0.05, 0) is 27.1 Å². The molecule has 0 bridgehead atoms. The maximum absolute atomic E-state index is 12.5. The maximum Gasteiger partial charge on any atom is 0.260 e. The maximum atomic E-state index is 12.5. The van der Waals surface area contributed by atoms with Crippen LogP contribution in [0, 0.1) is 0 Å². The number of aromatic amines is 1. The monoisotopic (exact) mass is 308 g/mol. The van der Waals surface area contributed by atoms with E-state index in [0.717, 1.165) is 13.0 Å². The molecule has 0 amide bonds.